The van der Waals surface area contributed by atoms with Crippen LogP contribution in [0.5, 0.6) is 5.75 Å². The van der Waals surface area contributed by atoms with Crippen molar-refractivity contribution < 1.29 is 14.3 Å². The lowest BCUT2D eigenvalue weighted by Crippen LogP contribution is -2.39. The molecule has 1 aromatic heterocycles. The minimum atomic E-state index is -0.339. The van der Waals surface area contributed by atoms with Crippen LogP contribution < -0.4 is 15.4 Å². The number of rotatable bonds is 5. The van der Waals surface area contributed by atoms with E-state index in [0.29, 0.717) is 28.6 Å². The van der Waals surface area contributed by atoms with E-state index >= 15 is 0 Å². The number of carbonyl (C=O) groups is 2. The van der Waals surface area contributed by atoms with Crippen molar-refractivity contribution in [1.29, 1.82) is 0 Å². The van der Waals surface area contributed by atoms with E-state index in [1.807, 2.05) is 4.90 Å². The summed E-state index contributed by atoms with van der Waals surface area (Å²) in [6.07, 6.45) is 3.86. The number of aromatic nitrogens is 1. The summed E-state index contributed by atoms with van der Waals surface area (Å²) < 4.78 is 5.14. The van der Waals surface area contributed by atoms with Crippen LogP contribution in [-0.4, -0.2) is 42.0 Å². The topological polar surface area (TPSA) is 83.6 Å². The Morgan fingerprint density at radius 3 is 2.75 bits per heavy atom. The predicted molar refractivity (Wildman–Crippen MR) is 107 cm³/mol. The summed E-state index contributed by atoms with van der Waals surface area (Å²) >= 11 is 0. The van der Waals surface area contributed by atoms with Crippen LogP contribution in [0.1, 0.15) is 35.8 Å². The van der Waals surface area contributed by atoms with Gasteiger partial charge in [-0.2, -0.15) is 0 Å². The molecule has 3 amide bonds. The van der Waals surface area contributed by atoms with Crippen molar-refractivity contribution in [3.05, 3.63) is 53.9 Å². The van der Waals surface area contributed by atoms with E-state index in [2.05, 4.69) is 22.5 Å². The number of piperidine rings is 1. The Labute approximate surface area is 165 Å². The van der Waals surface area contributed by atoms with Crippen molar-refractivity contribution in [2.24, 2.45) is 5.92 Å². The van der Waals surface area contributed by atoms with Crippen LogP contribution >= 0.6 is 0 Å². The second-order valence-corrected chi connectivity index (χ2v) is 7.07. The molecule has 0 spiro atoms. The second kappa shape index (κ2) is 9.21. The van der Waals surface area contributed by atoms with Gasteiger partial charge < -0.3 is 20.3 Å². The monoisotopic (exact) mass is 382 g/mol. The van der Waals surface area contributed by atoms with E-state index in [1.54, 1.807) is 49.7 Å². The summed E-state index contributed by atoms with van der Waals surface area (Å²) in [5.74, 6) is 1.28. The largest absolute Gasteiger partial charge is 0.497 e. The van der Waals surface area contributed by atoms with Gasteiger partial charge in [-0.25, -0.2) is 4.79 Å². The minimum absolute atomic E-state index is 0.0478. The van der Waals surface area contributed by atoms with Gasteiger partial charge >= 0.3 is 6.03 Å². The molecule has 1 fully saturated rings. The van der Waals surface area contributed by atoms with Crippen molar-refractivity contribution in [3.8, 4) is 5.75 Å². The van der Waals surface area contributed by atoms with Crippen LogP contribution in [0.4, 0.5) is 10.5 Å². The molecule has 1 atom stereocenters. The maximum absolute atomic E-state index is 12.6. The molecule has 0 radical (unpaired) electrons. The Balaban J connectivity index is 1.52. The number of hydrogen-bond donors (Lipinski definition) is 2. The number of ether oxygens (including phenoxy) is 1. The number of methoxy groups -OCH3 is 1. The number of anilines is 1. The third-order valence-electron chi connectivity index (χ3n) is 4.79. The molecule has 2 heterocycles. The first-order valence-corrected chi connectivity index (χ1v) is 9.48. The Kier molecular flexibility index (Phi) is 6.47. The van der Waals surface area contributed by atoms with E-state index < -0.39 is 0 Å². The van der Waals surface area contributed by atoms with Crippen molar-refractivity contribution in [3.63, 3.8) is 0 Å². The molecule has 3 rings (SSSR count). The number of likely N-dealkylation sites (tertiary alicyclic amines) is 1. The summed E-state index contributed by atoms with van der Waals surface area (Å²) in [6.45, 7) is 4.07. The van der Waals surface area contributed by atoms with Gasteiger partial charge in [-0.3, -0.25) is 9.78 Å². The zero-order chi connectivity index (χ0) is 19.9. The fourth-order valence-electron chi connectivity index (χ4n) is 3.28. The second-order valence-electron chi connectivity index (χ2n) is 7.07. The highest BCUT2D eigenvalue weighted by molar-refractivity contribution is 5.95. The molecule has 7 heteroatoms. The molecule has 2 aromatic rings. The fraction of sp³-hybridized carbons (Fsp3) is 0.381. The molecule has 1 saturated heterocycles. The molecule has 2 N–H and O–H groups in total. The summed E-state index contributed by atoms with van der Waals surface area (Å²) in [6, 6.07) is 10.2. The van der Waals surface area contributed by atoms with E-state index in [1.165, 1.54) is 6.42 Å². The van der Waals surface area contributed by atoms with Crippen molar-refractivity contribution >= 4 is 17.6 Å². The average Bonchev–Trinajstić information content (AvgIpc) is 2.72. The summed E-state index contributed by atoms with van der Waals surface area (Å²) in [4.78, 5) is 30.8. The molecular weight excluding hydrogens is 356 g/mol. The number of carbonyl (C=O) groups excluding carboxylic acids is 2. The van der Waals surface area contributed by atoms with Gasteiger partial charge in [-0.15, -0.1) is 0 Å². The minimum Gasteiger partial charge on any atom is -0.497 e. The quantitative estimate of drug-likeness (QED) is 0.831. The first-order valence-electron chi connectivity index (χ1n) is 9.48. The third-order valence-corrected chi connectivity index (χ3v) is 4.79. The Morgan fingerprint density at radius 1 is 1.25 bits per heavy atom. The van der Waals surface area contributed by atoms with Crippen LogP contribution in [-0.2, 0) is 6.54 Å². The van der Waals surface area contributed by atoms with Crippen LogP contribution in [0, 0.1) is 5.92 Å². The maximum Gasteiger partial charge on any atom is 0.319 e. The molecule has 1 aliphatic heterocycles. The highest BCUT2D eigenvalue weighted by atomic mass is 16.5. The van der Waals surface area contributed by atoms with Gasteiger partial charge in [-0.1, -0.05) is 6.92 Å². The smallest absolute Gasteiger partial charge is 0.319 e. The Hall–Kier alpha value is -3.09. The first kappa shape index (κ1) is 19.7. The van der Waals surface area contributed by atoms with Crippen molar-refractivity contribution in [1.82, 2.24) is 15.2 Å². The highest BCUT2D eigenvalue weighted by Gasteiger charge is 2.21. The normalized spacial score (nSPS) is 16.4. The SMILES string of the molecule is COc1ccnc(CNC(=O)Nc2ccc(C(=O)N3CCC[C@@H](C)C3)cc2)c1. The maximum atomic E-state index is 12.6. The number of amides is 3. The Bertz CT molecular complexity index is 823. The number of urea groups is 1. The van der Waals surface area contributed by atoms with E-state index in [9.17, 15) is 9.59 Å². The van der Waals surface area contributed by atoms with Gasteiger partial charge in [0, 0.05) is 36.6 Å². The van der Waals surface area contributed by atoms with Gasteiger partial charge in [-0.05, 0) is 49.1 Å². The first-order chi connectivity index (χ1) is 13.5. The van der Waals surface area contributed by atoms with Gasteiger partial charge in [0.2, 0.25) is 0 Å². The lowest BCUT2D eigenvalue weighted by molar-refractivity contribution is 0.0683. The number of nitrogens with one attached hydrogen (secondary N) is 2. The average molecular weight is 382 g/mol. The molecule has 148 valence electrons. The molecule has 0 saturated carbocycles. The molecule has 7 nitrogen and oxygen atoms in total. The number of benzene rings is 1. The number of hydrogen-bond acceptors (Lipinski definition) is 4. The van der Waals surface area contributed by atoms with Crippen LogP contribution in [0.15, 0.2) is 42.6 Å². The van der Waals surface area contributed by atoms with Gasteiger partial charge in [0.05, 0.1) is 19.3 Å². The number of pyridine rings is 1. The van der Waals surface area contributed by atoms with Gasteiger partial charge in [0.1, 0.15) is 5.75 Å². The van der Waals surface area contributed by atoms with Crippen LogP contribution in [0.2, 0.25) is 0 Å². The summed E-state index contributed by atoms with van der Waals surface area (Å²) in [7, 11) is 1.58. The standard InChI is InChI=1S/C21H26N4O3/c1-15-4-3-11-25(14-15)20(26)16-5-7-17(8-6-16)24-21(27)23-13-18-12-19(28-2)9-10-22-18/h5-10,12,15H,3-4,11,13-14H2,1-2H3,(H2,23,24,27)/t15-/m1/s1. The molecule has 28 heavy (non-hydrogen) atoms. The van der Waals surface area contributed by atoms with Crippen LogP contribution in [0.25, 0.3) is 0 Å². The predicted octanol–water partition coefficient (Wildman–Crippen LogP) is 3.28. The summed E-state index contributed by atoms with van der Waals surface area (Å²) in [5.41, 5.74) is 1.96. The third kappa shape index (κ3) is 5.22. The molecule has 0 unspecified atom stereocenters. The molecule has 1 aliphatic rings. The summed E-state index contributed by atoms with van der Waals surface area (Å²) in [5, 5.41) is 5.51. The van der Waals surface area contributed by atoms with E-state index in [0.717, 1.165) is 19.5 Å². The molecule has 1 aromatic carbocycles. The Morgan fingerprint density at radius 2 is 2.04 bits per heavy atom. The van der Waals surface area contributed by atoms with Crippen molar-refractivity contribution in [2.75, 3.05) is 25.5 Å². The molecule has 0 bridgehead atoms. The zero-order valence-electron chi connectivity index (χ0n) is 16.3. The zero-order valence-corrected chi connectivity index (χ0v) is 16.3. The highest BCUT2D eigenvalue weighted by Crippen LogP contribution is 2.19. The fourth-order valence-corrected chi connectivity index (χ4v) is 3.28. The van der Waals surface area contributed by atoms with Crippen molar-refractivity contribution in [2.45, 2.75) is 26.3 Å². The molecule has 0 aliphatic carbocycles. The lowest BCUT2D eigenvalue weighted by atomic mass is 9.99. The van der Waals surface area contributed by atoms with E-state index in [-0.39, 0.29) is 18.5 Å². The molecular formula is C21H26N4O3. The van der Waals surface area contributed by atoms with Gasteiger partial charge in [0.25, 0.3) is 5.91 Å². The number of nitrogens with zero attached hydrogens (tertiary/aromatic N) is 2. The van der Waals surface area contributed by atoms with E-state index in [4.69, 9.17) is 4.74 Å². The lowest BCUT2D eigenvalue weighted by Gasteiger charge is -2.31. The van der Waals surface area contributed by atoms with Crippen LogP contribution in [0.3, 0.4) is 0 Å². The van der Waals surface area contributed by atoms with Gasteiger partial charge in [0.15, 0.2) is 0 Å².